The van der Waals surface area contributed by atoms with E-state index >= 15 is 0 Å². The zero-order valence-corrected chi connectivity index (χ0v) is 13.1. The van der Waals surface area contributed by atoms with Gasteiger partial charge in [0.15, 0.2) is 0 Å². The van der Waals surface area contributed by atoms with Crippen LogP contribution in [-0.4, -0.2) is 38.4 Å². The lowest BCUT2D eigenvalue weighted by molar-refractivity contribution is 0.0166. The summed E-state index contributed by atoms with van der Waals surface area (Å²) in [6, 6.07) is 3.70. The minimum atomic E-state index is -0.0187. The first-order valence-electron chi connectivity index (χ1n) is 6.48. The summed E-state index contributed by atoms with van der Waals surface area (Å²) in [7, 11) is 0. The minimum absolute atomic E-state index is 0.0187. The fourth-order valence-electron chi connectivity index (χ4n) is 1.89. The van der Waals surface area contributed by atoms with E-state index < -0.39 is 0 Å². The van der Waals surface area contributed by atoms with E-state index in [1.54, 1.807) is 0 Å². The predicted molar refractivity (Wildman–Crippen MR) is 78.8 cm³/mol. The Morgan fingerprint density at radius 3 is 3.16 bits per heavy atom. The van der Waals surface area contributed by atoms with E-state index in [2.05, 4.69) is 21.2 Å². The van der Waals surface area contributed by atoms with Gasteiger partial charge in [-0.25, -0.2) is 0 Å². The van der Waals surface area contributed by atoms with Crippen LogP contribution in [0.25, 0.3) is 0 Å². The average Bonchev–Trinajstić information content (AvgIpc) is 3.04. The lowest BCUT2D eigenvalue weighted by Gasteiger charge is -2.10. The number of carbonyl (C=O) groups is 1. The maximum atomic E-state index is 11.7. The molecule has 0 radical (unpaired) electrons. The van der Waals surface area contributed by atoms with Crippen LogP contribution in [0.15, 0.2) is 15.9 Å². The molecule has 1 aromatic rings. The number of hydrogen-bond acceptors (Lipinski definition) is 4. The third-order valence-corrected chi connectivity index (χ3v) is 4.50. The number of halogens is 1. The van der Waals surface area contributed by atoms with Gasteiger partial charge in [-0.1, -0.05) is 0 Å². The number of amides is 1. The second kappa shape index (κ2) is 7.99. The average molecular weight is 348 g/mol. The van der Waals surface area contributed by atoms with Gasteiger partial charge in [0, 0.05) is 19.8 Å². The van der Waals surface area contributed by atoms with Crippen LogP contribution < -0.4 is 5.32 Å². The molecule has 1 saturated heterocycles. The van der Waals surface area contributed by atoms with Crippen molar-refractivity contribution in [3.63, 3.8) is 0 Å². The van der Waals surface area contributed by atoms with Crippen molar-refractivity contribution in [2.75, 3.05) is 26.4 Å². The highest BCUT2D eigenvalue weighted by Gasteiger charge is 2.15. The number of rotatable bonds is 7. The van der Waals surface area contributed by atoms with Gasteiger partial charge in [-0.15, -0.1) is 11.3 Å². The van der Waals surface area contributed by atoms with E-state index in [-0.39, 0.29) is 12.0 Å². The highest BCUT2D eigenvalue weighted by Crippen LogP contribution is 2.21. The van der Waals surface area contributed by atoms with E-state index in [4.69, 9.17) is 9.47 Å². The summed E-state index contributed by atoms with van der Waals surface area (Å²) in [6.07, 6.45) is 3.34. The van der Waals surface area contributed by atoms with Crippen LogP contribution in [0.2, 0.25) is 0 Å². The Kier molecular flexibility index (Phi) is 6.30. The van der Waals surface area contributed by atoms with Crippen molar-refractivity contribution in [1.82, 2.24) is 5.32 Å². The molecule has 0 aromatic carbocycles. The molecule has 2 heterocycles. The Balaban J connectivity index is 1.50. The molecule has 0 bridgehead atoms. The van der Waals surface area contributed by atoms with E-state index in [1.807, 2.05) is 12.1 Å². The van der Waals surface area contributed by atoms with E-state index in [9.17, 15) is 4.79 Å². The third-order valence-electron chi connectivity index (χ3n) is 2.88. The van der Waals surface area contributed by atoms with Gasteiger partial charge in [0.2, 0.25) is 0 Å². The molecular formula is C13H18BrNO3S. The molecular weight excluding hydrogens is 330 g/mol. The van der Waals surface area contributed by atoms with E-state index in [0.29, 0.717) is 19.8 Å². The van der Waals surface area contributed by atoms with Gasteiger partial charge < -0.3 is 14.8 Å². The summed E-state index contributed by atoms with van der Waals surface area (Å²) in [4.78, 5) is 12.4. The Morgan fingerprint density at radius 1 is 1.58 bits per heavy atom. The molecule has 19 heavy (non-hydrogen) atoms. The molecule has 1 atom stereocenters. The highest BCUT2D eigenvalue weighted by atomic mass is 79.9. The standard InChI is InChI=1S/C13H18BrNO3S/c14-12-5-4-11(19-12)13(16)15-6-2-7-17-9-10-3-1-8-18-10/h4-5,10H,1-3,6-9H2,(H,15,16). The smallest absolute Gasteiger partial charge is 0.261 e. The summed E-state index contributed by atoms with van der Waals surface area (Å²) in [5, 5.41) is 2.88. The lowest BCUT2D eigenvalue weighted by Crippen LogP contribution is -2.25. The van der Waals surface area contributed by atoms with Crippen LogP contribution >= 0.6 is 27.3 Å². The maximum absolute atomic E-state index is 11.7. The molecule has 1 aromatic heterocycles. The molecule has 1 aliphatic rings. The zero-order chi connectivity index (χ0) is 13.5. The molecule has 1 amide bonds. The first-order valence-corrected chi connectivity index (χ1v) is 8.09. The number of nitrogens with one attached hydrogen (secondary N) is 1. The maximum Gasteiger partial charge on any atom is 0.261 e. The Bertz CT molecular complexity index is 404. The number of ether oxygens (including phenoxy) is 2. The molecule has 106 valence electrons. The van der Waals surface area contributed by atoms with Crippen LogP contribution in [-0.2, 0) is 9.47 Å². The van der Waals surface area contributed by atoms with E-state index in [0.717, 1.165) is 34.5 Å². The number of hydrogen-bond donors (Lipinski definition) is 1. The molecule has 1 aliphatic heterocycles. The Morgan fingerprint density at radius 2 is 2.47 bits per heavy atom. The minimum Gasteiger partial charge on any atom is -0.379 e. The summed E-state index contributed by atoms with van der Waals surface area (Å²) in [6.45, 7) is 2.83. The SMILES string of the molecule is O=C(NCCCOCC1CCCO1)c1ccc(Br)s1. The molecule has 1 unspecified atom stereocenters. The second-order valence-corrected chi connectivity index (χ2v) is 6.89. The number of carbonyl (C=O) groups excluding carboxylic acids is 1. The van der Waals surface area contributed by atoms with Crippen molar-refractivity contribution < 1.29 is 14.3 Å². The van der Waals surface area contributed by atoms with Crippen LogP contribution in [0, 0.1) is 0 Å². The Labute approximate surface area is 125 Å². The van der Waals surface area contributed by atoms with E-state index in [1.165, 1.54) is 11.3 Å². The lowest BCUT2D eigenvalue weighted by atomic mass is 10.2. The molecule has 6 heteroatoms. The summed E-state index contributed by atoms with van der Waals surface area (Å²) in [5.74, 6) is -0.0187. The fraction of sp³-hybridized carbons (Fsp3) is 0.615. The predicted octanol–water partition coefficient (Wildman–Crippen LogP) is 2.83. The van der Waals surface area contributed by atoms with Gasteiger partial charge in [-0.3, -0.25) is 4.79 Å². The third kappa shape index (κ3) is 5.22. The summed E-state index contributed by atoms with van der Waals surface area (Å²) >= 11 is 4.78. The van der Waals surface area contributed by atoms with Crippen molar-refractivity contribution in [3.05, 3.63) is 20.8 Å². The van der Waals surface area contributed by atoms with Crippen molar-refractivity contribution >= 4 is 33.2 Å². The largest absolute Gasteiger partial charge is 0.379 e. The highest BCUT2D eigenvalue weighted by molar-refractivity contribution is 9.11. The van der Waals surface area contributed by atoms with Gasteiger partial charge in [0.1, 0.15) is 0 Å². The van der Waals surface area contributed by atoms with Crippen molar-refractivity contribution in [2.45, 2.75) is 25.4 Å². The van der Waals surface area contributed by atoms with Crippen molar-refractivity contribution in [3.8, 4) is 0 Å². The van der Waals surface area contributed by atoms with Crippen molar-refractivity contribution in [2.24, 2.45) is 0 Å². The first-order chi connectivity index (χ1) is 9.25. The summed E-state index contributed by atoms with van der Waals surface area (Å²) in [5.41, 5.74) is 0. The molecule has 0 spiro atoms. The Hall–Kier alpha value is -0.430. The van der Waals surface area contributed by atoms with Gasteiger partial charge >= 0.3 is 0 Å². The van der Waals surface area contributed by atoms with Gasteiger partial charge in [-0.2, -0.15) is 0 Å². The molecule has 0 aliphatic carbocycles. The topological polar surface area (TPSA) is 47.6 Å². The van der Waals surface area contributed by atoms with Crippen LogP contribution in [0.4, 0.5) is 0 Å². The molecule has 0 saturated carbocycles. The molecule has 1 fully saturated rings. The van der Waals surface area contributed by atoms with Crippen molar-refractivity contribution in [1.29, 1.82) is 0 Å². The van der Waals surface area contributed by atoms with Gasteiger partial charge in [0.25, 0.3) is 5.91 Å². The van der Waals surface area contributed by atoms with Crippen LogP contribution in [0.5, 0.6) is 0 Å². The van der Waals surface area contributed by atoms with Gasteiger partial charge in [0.05, 0.1) is 21.4 Å². The summed E-state index contributed by atoms with van der Waals surface area (Å²) < 4.78 is 12.0. The second-order valence-electron chi connectivity index (χ2n) is 4.42. The molecule has 4 nitrogen and oxygen atoms in total. The monoisotopic (exact) mass is 347 g/mol. The zero-order valence-electron chi connectivity index (χ0n) is 10.7. The molecule has 1 N–H and O–H groups in total. The van der Waals surface area contributed by atoms with Gasteiger partial charge in [-0.05, 0) is 47.3 Å². The van der Waals surface area contributed by atoms with Crippen LogP contribution in [0.1, 0.15) is 28.9 Å². The molecule has 2 rings (SSSR count). The normalized spacial score (nSPS) is 18.7. The fourth-order valence-corrected chi connectivity index (χ4v) is 3.19. The first kappa shape index (κ1) is 15.0. The van der Waals surface area contributed by atoms with Crippen LogP contribution in [0.3, 0.4) is 0 Å². The number of thiophene rings is 1. The quantitative estimate of drug-likeness (QED) is 0.771.